The van der Waals surface area contributed by atoms with Crippen LogP contribution in [0, 0.1) is 23.5 Å². The van der Waals surface area contributed by atoms with E-state index < -0.39 is 21.7 Å². The molecule has 3 aliphatic rings. The van der Waals surface area contributed by atoms with Crippen LogP contribution in [0.15, 0.2) is 24.5 Å². The third kappa shape index (κ3) is 5.47. The molecule has 196 valence electrons. The van der Waals surface area contributed by atoms with E-state index >= 15 is 0 Å². The van der Waals surface area contributed by atoms with Gasteiger partial charge >= 0.3 is 0 Å². The zero-order valence-electron chi connectivity index (χ0n) is 20.7. The fourth-order valence-electron chi connectivity index (χ4n) is 5.66. The molecule has 3 fully saturated rings. The molecule has 1 aromatic heterocycles. The Kier molecular flexibility index (Phi) is 7.15. The van der Waals surface area contributed by atoms with Gasteiger partial charge in [0.1, 0.15) is 0 Å². The number of rotatable bonds is 7. The zero-order chi connectivity index (χ0) is 25.4. The average Bonchev–Trinajstić information content (AvgIpc) is 3.40. The van der Waals surface area contributed by atoms with Crippen LogP contribution in [0.4, 0.5) is 14.7 Å². The Morgan fingerprint density at radius 1 is 0.972 bits per heavy atom. The molecule has 1 aromatic carbocycles. The smallest absolute Gasteiger partial charge is 0.225 e. The van der Waals surface area contributed by atoms with Crippen LogP contribution in [0.25, 0.3) is 0 Å². The lowest BCUT2D eigenvalue weighted by Gasteiger charge is -2.33. The molecule has 1 saturated carbocycles. The molecule has 8 nitrogen and oxygen atoms in total. The molecule has 0 bridgehead atoms. The quantitative estimate of drug-likeness (QED) is 0.554. The highest BCUT2D eigenvalue weighted by atomic mass is 32.2. The summed E-state index contributed by atoms with van der Waals surface area (Å²) in [6.07, 6.45) is 7.11. The molecular weight excluding hydrogens is 488 g/mol. The molecule has 0 spiro atoms. The minimum absolute atomic E-state index is 0.218. The molecule has 3 atom stereocenters. The Morgan fingerprint density at radius 3 is 2.08 bits per heavy atom. The van der Waals surface area contributed by atoms with Crippen LogP contribution in [0.2, 0.25) is 0 Å². The zero-order valence-corrected chi connectivity index (χ0v) is 21.6. The Labute approximate surface area is 211 Å². The Balaban J connectivity index is 1.15. The van der Waals surface area contributed by atoms with Crippen LogP contribution in [-0.4, -0.2) is 79.2 Å². The van der Waals surface area contributed by atoms with Crippen molar-refractivity contribution in [2.24, 2.45) is 11.8 Å². The summed E-state index contributed by atoms with van der Waals surface area (Å²) in [5.41, 5.74) is 1.62. The summed E-state index contributed by atoms with van der Waals surface area (Å²) in [4.78, 5) is 13.2. The van der Waals surface area contributed by atoms with Crippen molar-refractivity contribution in [3.8, 4) is 5.75 Å². The molecule has 0 amide bonds. The molecule has 2 saturated heterocycles. The van der Waals surface area contributed by atoms with Crippen molar-refractivity contribution in [3.63, 3.8) is 0 Å². The molecule has 0 N–H and O–H groups in total. The van der Waals surface area contributed by atoms with E-state index in [-0.39, 0.29) is 11.9 Å². The lowest BCUT2D eigenvalue weighted by molar-refractivity contribution is 0.177. The maximum atomic E-state index is 14.9. The monoisotopic (exact) mass is 521 g/mol. The van der Waals surface area contributed by atoms with Gasteiger partial charge in [0.05, 0.1) is 12.4 Å². The highest BCUT2D eigenvalue weighted by molar-refractivity contribution is 7.88. The number of halogens is 2. The fourth-order valence-corrected chi connectivity index (χ4v) is 6.48. The lowest BCUT2D eigenvalue weighted by atomic mass is 10.0. The number of hydrogen-bond acceptors (Lipinski definition) is 7. The predicted molar refractivity (Wildman–Crippen MR) is 132 cm³/mol. The summed E-state index contributed by atoms with van der Waals surface area (Å²) in [5, 5.41) is 0. The predicted octanol–water partition coefficient (Wildman–Crippen LogP) is 2.69. The maximum absolute atomic E-state index is 14.9. The van der Waals surface area contributed by atoms with Gasteiger partial charge in [-0.3, -0.25) is 4.90 Å². The minimum Gasteiger partial charge on any atom is -0.484 e. The second-order valence-electron chi connectivity index (χ2n) is 10.2. The number of aryl methyl sites for hydroxylation is 1. The van der Waals surface area contributed by atoms with Crippen molar-refractivity contribution in [1.29, 1.82) is 0 Å². The first-order chi connectivity index (χ1) is 17.2. The normalized spacial score (nSPS) is 25.3. The number of sulfonamides is 1. The number of anilines is 1. The molecule has 0 radical (unpaired) electrons. The van der Waals surface area contributed by atoms with Crippen LogP contribution >= 0.6 is 0 Å². The summed E-state index contributed by atoms with van der Waals surface area (Å²) in [6, 6.07) is 2.66. The van der Waals surface area contributed by atoms with Crippen molar-refractivity contribution in [1.82, 2.24) is 19.2 Å². The van der Waals surface area contributed by atoms with Crippen LogP contribution in [-0.2, 0) is 23.0 Å². The topological polar surface area (TPSA) is 78.9 Å². The van der Waals surface area contributed by atoms with Gasteiger partial charge in [0, 0.05) is 58.2 Å². The summed E-state index contributed by atoms with van der Waals surface area (Å²) >= 11 is 0. The number of aromatic nitrogens is 2. The molecule has 2 aromatic rings. The van der Waals surface area contributed by atoms with Crippen molar-refractivity contribution >= 4 is 16.0 Å². The summed E-state index contributed by atoms with van der Waals surface area (Å²) < 4.78 is 60.4. The first-order valence-electron chi connectivity index (χ1n) is 12.6. The summed E-state index contributed by atoms with van der Waals surface area (Å²) in [5.74, 6) is -0.169. The van der Waals surface area contributed by atoms with Gasteiger partial charge in [-0.15, -0.1) is 0 Å². The number of benzene rings is 1. The van der Waals surface area contributed by atoms with Gasteiger partial charge < -0.3 is 9.64 Å². The van der Waals surface area contributed by atoms with E-state index in [0.717, 1.165) is 43.9 Å². The van der Waals surface area contributed by atoms with Gasteiger partial charge in [0.15, 0.2) is 17.4 Å². The van der Waals surface area contributed by atoms with E-state index in [2.05, 4.69) is 21.8 Å². The van der Waals surface area contributed by atoms with E-state index in [1.165, 1.54) is 22.7 Å². The molecular formula is C25H33F2N5O3S. The molecule has 2 unspecified atom stereocenters. The van der Waals surface area contributed by atoms with E-state index in [9.17, 15) is 17.2 Å². The number of nitrogens with zero attached hydrogens (tertiary/aromatic N) is 5. The average molecular weight is 522 g/mol. The van der Waals surface area contributed by atoms with Crippen LogP contribution < -0.4 is 9.64 Å². The maximum Gasteiger partial charge on any atom is 0.225 e. The number of ether oxygens (including phenoxy) is 1. The standard InChI is InChI=1S/C25H33F2N5O3S/c1-3-17-12-28-25(29-13-17)31-15-19-10-21(11-20(19)16-31)35-24-22(26)8-18(9-23(24)27)14-30-4-6-32(7-5-30)36(2,33)34/h8-9,12-13,19-21H,3-7,10-11,14-16H2,1-2H3/t19-,20?,21?/m0/s1. The van der Waals surface area contributed by atoms with E-state index in [1.807, 2.05) is 17.3 Å². The van der Waals surface area contributed by atoms with Gasteiger partial charge in [-0.2, -0.15) is 4.31 Å². The molecule has 5 rings (SSSR count). The number of fused-ring (bicyclic) bond motifs is 1. The highest BCUT2D eigenvalue weighted by Crippen LogP contribution is 2.41. The van der Waals surface area contributed by atoms with Crippen LogP contribution in [0.1, 0.15) is 30.9 Å². The van der Waals surface area contributed by atoms with Gasteiger partial charge in [0.2, 0.25) is 16.0 Å². The number of hydrogen-bond donors (Lipinski definition) is 0. The first-order valence-corrected chi connectivity index (χ1v) is 14.4. The van der Waals surface area contributed by atoms with Gasteiger partial charge in [-0.1, -0.05) is 6.92 Å². The second kappa shape index (κ2) is 10.2. The summed E-state index contributed by atoms with van der Waals surface area (Å²) in [7, 11) is -3.22. The van der Waals surface area contributed by atoms with E-state index in [1.54, 1.807) is 0 Å². The van der Waals surface area contributed by atoms with Gasteiger partial charge in [-0.25, -0.2) is 27.2 Å². The Hall–Kier alpha value is -2.37. The van der Waals surface area contributed by atoms with Gasteiger partial charge in [-0.05, 0) is 54.4 Å². The fraction of sp³-hybridized carbons (Fsp3) is 0.600. The van der Waals surface area contributed by atoms with E-state index in [4.69, 9.17) is 4.74 Å². The highest BCUT2D eigenvalue weighted by Gasteiger charge is 2.43. The van der Waals surface area contributed by atoms with Crippen molar-refractivity contribution < 1.29 is 21.9 Å². The summed E-state index contributed by atoms with van der Waals surface area (Å²) in [6.45, 7) is 5.87. The van der Waals surface area contributed by atoms with E-state index in [0.29, 0.717) is 50.1 Å². The third-order valence-corrected chi connectivity index (χ3v) is 8.94. The van der Waals surface area contributed by atoms with Crippen LogP contribution in [0.3, 0.4) is 0 Å². The van der Waals surface area contributed by atoms with Crippen molar-refractivity contribution in [2.45, 2.75) is 38.8 Å². The van der Waals surface area contributed by atoms with Gasteiger partial charge in [0.25, 0.3) is 0 Å². The molecule has 3 heterocycles. The second-order valence-corrected chi connectivity index (χ2v) is 12.2. The Bertz CT molecular complexity index is 1150. The SMILES string of the molecule is CCc1cnc(N2CC3CC(Oc4c(F)cc(CN5CCN(S(C)(=O)=O)CC5)cc4F)C[C@H]3C2)nc1. The van der Waals surface area contributed by atoms with Crippen molar-refractivity contribution in [3.05, 3.63) is 47.3 Å². The number of piperazine rings is 1. The molecule has 1 aliphatic carbocycles. The molecule has 2 aliphatic heterocycles. The minimum atomic E-state index is -3.22. The Morgan fingerprint density at radius 2 is 1.56 bits per heavy atom. The first kappa shape index (κ1) is 25.3. The molecule has 36 heavy (non-hydrogen) atoms. The lowest BCUT2D eigenvalue weighted by Crippen LogP contribution is -2.47. The molecule has 11 heteroatoms. The largest absolute Gasteiger partial charge is 0.484 e. The van der Waals surface area contributed by atoms with Crippen molar-refractivity contribution in [2.75, 3.05) is 50.4 Å². The van der Waals surface area contributed by atoms with Crippen LogP contribution in [0.5, 0.6) is 5.75 Å². The third-order valence-electron chi connectivity index (χ3n) is 7.64.